The van der Waals surface area contributed by atoms with E-state index in [9.17, 15) is 15.0 Å². The van der Waals surface area contributed by atoms with Crippen molar-refractivity contribution in [2.45, 2.75) is 31.4 Å². The van der Waals surface area contributed by atoms with Gasteiger partial charge in [0, 0.05) is 17.6 Å². The number of carboxylic acid groups (broad SMARTS) is 1. The van der Waals surface area contributed by atoms with Gasteiger partial charge >= 0.3 is 5.97 Å². The molecule has 2 atom stereocenters. The monoisotopic (exact) mass is 549 g/mol. The molecule has 0 saturated carbocycles. The largest absolute Gasteiger partial charge is 0.478 e. The molecule has 5 nitrogen and oxygen atoms in total. The third-order valence-corrected chi connectivity index (χ3v) is 7.04. The molecule has 0 radical (unpaired) electrons. The van der Waals surface area contributed by atoms with Gasteiger partial charge in [-0.15, -0.1) is 12.4 Å². The van der Waals surface area contributed by atoms with Gasteiger partial charge in [0.1, 0.15) is 17.1 Å². The van der Waals surface area contributed by atoms with E-state index < -0.39 is 12.1 Å². The van der Waals surface area contributed by atoms with Crippen molar-refractivity contribution in [3.8, 4) is 22.6 Å². The minimum atomic E-state index is -1.02. The SMILES string of the molecule is Cl.O=C(O)c1ccccc1Oc1ccc(-c2ccc3c(c2)C[C@@H](NC[C@@H](O)c2cccc(Cl)c2)CC3)cc1. The van der Waals surface area contributed by atoms with Gasteiger partial charge in [0.25, 0.3) is 0 Å². The van der Waals surface area contributed by atoms with Crippen LogP contribution in [0.4, 0.5) is 0 Å². The zero-order chi connectivity index (χ0) is 25.8. The smallest absolute Gasteiger partial charge is 0.339 e. The number of carbonyl (C=O) groups is 1. The number of fused-ring (bicyclic) bond motifs is 1. The van der Waals surface area contributed by atoms with Crippen LogP contribution in [0.15, 0.2) is 91.0 Å². The van der Waals surface area contributed by atoms with Crippen LogP contribution < -0.4 is 10.1 Å². The topological polar surface area (TPSA) is 78.8 Å². The Labute approximate surface area is 233 Å². The lowest BCUT2D eigenvalue weighted by atomic mass is 9.86. The van der Waals surface area contributed by atoms with E-state index in [4.69, 9.17) is 16.3 Å². The maximum Gasteiger partial charge on any atom is 0.339 e. The minimum Gasteiger partial charge on any atom is -0.478 e. The van der Waals surface area contributed by atoms with Crippen molar-refractivity contribution in [1.29, 1.82) is 0 Å². The van der Waals surface area contributed by atoms with Crippen LogP contribution in [0.3, 0.4) is 0 Å². The van der Waals surface area contributed by atoms with Crippen molar-refractivity contribution < 1.29 is 19.7 Å². The molecule has 196 valence electrons. The number of para-hydroxylation sites is 1. The van der Waals surface area contributed by atoms with Crippen LogP contribution in [0.2, 0.25) is 5.02 Å². The fourth-order valence-corrected chi connectivity index (χ4v) is 4.99. The molecule has 7 heteroatoms. The Hall–Kier alpha value is -3.35. The minimum absolute atomic E-state index is 0. The molecule has 0 aliphatic heterocycles. The summed E-state index contributed by atoms with van der Waals surface area (Å²) in [7, 11) is 0. The summed E-state index contributed by atoms with van der Waals surface area (Å²) in [6, 6.07) is 28.5. The van der Waals surface area contributed by atoms with Gasteiger partial charge in [0.2, 0.25) is 0 Å². The van der Waals surface area contributed by atoms with Crippen molar-refractivity contribution in [3.05, 3.63) is 118 Å². The molecule has 1 aliphatic rings. The molecule has 0 aromatic heterocycles. The molecule has 3 N–H and O–H groups in total. The predicted octanol–water partition coefficient (Wildman–Crippen LogP) is 7.10. The highest BCUT2D eigenvalue weighted by molar-refractivity contribution is 6.30. The third kappa shape index (κ3) is 6.55. The summed E-state index contributed by atoms with van der Waals surface area (Å²) >= 11 is 6.06. The fourth-order valence-electron chi connectivity index (χ4n) is 4.80. The van der Waals surface area contributed by atoms with Gasteiger partial charge in [0.15, 0.2) is 0 Å². The summed E-state index contributed by atoms with van der Waals surface area (Å²) in [5, 5.41) is 24.1. The van der Waals surface area contributed by atoms with Crippen LogP contribution in [0, 0.1) is 0 Å². The maximum atomic E-state index is 11.4. The molecule has 0 fully saturated rings. The van der Waals surface area contributed by atoms with E-state index in [0.717, 1.165) is 36.0 Å². The van der Waals surface area contributed by atoms with Crippen LogP contribution in [-0.2, 0) is 12.8 Å². The zero-order valence-electron chi connectivity index (χ0n) is 20.6. The van der Waals surface area contributed by atoms with E-state index in [1.54, 1.807) is 30.3 Å². The Morgan fingerprint density at radius 2 is 1.71 bits per heavy atom. The van der Waals surface area contributed by atoms with Gasteiger partial charge in [-0.25, -0.2) is 4.79 Å². The first-order valence-electron chi connectivity index (χ1n) is 12.4. The summed E-state index contributed by atoms with van der Waals surface area (Å²) in [6.45, 7) is 0.479. The van der Waals surface area contributed by atoms with Crippen LogP contribution in [0.1, 0.15) is 39.6 Å². The van der Waals surface area contributed by atoms with E-state index in [0.29, 0.717) is 29.1 Å². The van der Waals surface area contributed by atoms with E-state index in [2.05, 4.69) is 23.5 Å². The van der Waals surface area contributed by atoms with E-state index in [1.165, 1.54) is 17.2 Å². The number of ether oxygens (including phenoxy) is 1. The summed E-state index contributed by atoms with van der Waals surface area (Å²) in [6.07, 6.45) is 2.32. The summed E-state index contributed by atoms with van der Waals surface area (Å²) in [4.78, 5) is 11.4. The number of halogens is 2. The Morgan fingerprint density at radius 3 is 2.47 bits per heavy atom. The van der Waals surface area contributed by atoms with Crippen molar-refractivity contribution in [3.63, 3.8) is 0 Å². The number of benzene rings is 4. The number of aryl methyl sites for hydroxylation is 1. The second-order valence-electron chi connectivity index (χ2n) is 9.33. The second-order valence-corrected chi connectivity index (χ2v) is 9.77. The number of aliphatic hydroxyl groups is 1. The molecular formula is C31H29Cl2NO4. The number of nitrogens with one attached hydrogen (secondary N) is 1. The summed E-state index contributed by atoms with van der Waals surface area (Å²) < 4.78 is 5.83. The number of rotatable bonds is 8. The van der Waals surface area contributed by atoms with Gasteiger partial charge < -0.3 is 20.3 Å². The normalized spacial score (nSPS) is 15.2. The Bertz CT molecular complexity index is 1410. The highest BCUT2D eigenvalue weighted by Crippen LogP contribution is 2.31. The molecular weight excluding hydrogens is 521 g/mol. The van der Waals surface area contributed by atoms with Crippen LogP contribution in [0.5, 0.6) is 11.5 Å². The fraction of sp³-hybridized carbons (Fsp3) is 0.194. The number of carboxylic acids is 1. The molecule has 5 rings (SSSR count). The first kappa shape index (κ1) is 27.7. The van der Waals surface area contributed by atoms with Gasteiger partial charge in [-0.3, -0.25) is 0 Å². The Balaban J connectivity index is 0.00000336. The van der Waals surface area contributed by atoms with Crippen molar-refractivity contribution in [2.75, 3.05) is 6.54 Å². The maximum absolute atomic E-state index is 11.4. The van der Waals surface area contributed by atoms with Gasteiger partial charge in [-0.05, 0) is 83.5 Å². The van der Waals surface area contributed by atoms with Gasteiger partial charge in [-0.2, -0.15) is 0 Å². The van der Waals surface area contributed by atoms with Gasteiger partial charge in [-0.1, -0.05) is 66.2 Å². The Kier molecular flexibility index (Phi) is 9.08. The highest BCUT2D eigenvalue weighted by atomic mass is 35.5. The third-order valence-electron chi connectivity index (χ3n) is 6.80. The number of aromatic carboxylic acids is 1. The van der Waals surface area contributed by atoms with E-state index >= 15 is 0 Å². The lowest BCUT2D eigenvalue weighted by Gasteiger charge is -2.27. The van der Waals surface area contributed by atoms with Crippen molar-refractivity contribution in [2.24, 2.45) is 0 Å². The molecule has 0 amide bonds. The van der Waals surface area contributed by atoms with E-state index in [-0.39, 0.29) is 18.0 Å². The van der Waals surface area contributed by atoms with Crippen LogP contribution in [0.25, 0.3) is 11.1 Å². The second kappa shape index (κ2) is 12.5. The molecule has 4 aromatic carbocycles. The zero-order valence-corrected chi connectivity index (χ0v) is 22.2. The molecule has 0 unspecified atom stereocenters. The molecule has 1 aliphatic carbocycles. The predicted molar refractivity (Wildman–Crippen MR) is 153 cm³/mol. The number of hydrogen-bond donors (Lipinski definition) is 3. The standard InChI is InChI=1S/C31H28ClNO4.ClH/c32-25-5-3-4-23(17-25)29(34)19-33-26-13-10-21-8-9-22(16-24(21)18-26)20-11-14-27(15-12-20)37-30-7-2-1-6-28(30)31(35)36;/h1-9,11-12,14-17,26,29,33-34H,10,13,18-19H2,(H,35,36);1H/t26-,29+;/m0./s1. The number of hydrogen-bond acceptors (Lipinski definition) is 4. The van der Waals surface area contributed by atoms with Crippen molar-refractivity contribution >= 4 is 30.0 Å². The first-order chi connectivity index (χ1) is 18.0. The van der Waals surface area contributed by atoms with E-state index in [1.807, 2.05) is 36.4 Å². The quantitative estimate of drug-likeness (QED) is 0.218. The average molecular weight is 550 g/mol. The van der Waals surface area contributed by atoms with Crippen molar-refractivity contribution in [1.82, 2.24) is 5.32 Å². The summed E-state index contributed by atoms with van der Waals surface area (Å²) in [5.41, 5.74) is 5.81. The lowest BCUT2D eigenvalue weighted by molar-refractivity contribution is 0.0694. The number of aliphatic hydroxyl groups excluding tert-OH is 1. The average Bonchev–Trinajstić information content (AvgIpc) is 2.92. The molecule has 0 saturated heterocycles. The van der Waals surface area contributed by atoms with Crippen LogP contribution in [-0.4, -0.2) is 28.8 Å². The molecule has 0 spiro atoms. The molecule has 0 heterocycles. The first-order valence-corrected chi connectivity index (χ1v) is 12.7. The highest BCUT2D eigenvalue weighted by Gasteiger charge is 2.20. The summed E-state index contributed by atoms with van der Waals surface area (Å²) in [5.74, 6) is -0.124. The van der Waals surface area contributed by atoms with Crippen LogP contribution >= 0.6 is 24.0 Å². The molecule has 0 bridgehead atoms. The van der Waals surface area contributed by atoms with Gasteiger partial charge in [0.05, 0.1) is 6.10 Å². The lowest BCUT2D eigenvalue weighted by Crippen LogP contribution is -2.37. The Morgan fingerprint density at radius 1 is 0.947 bits per heavy atom. The molecule has 4 aromatic rings. The molecule has 38 heavy (non-hydrogen) atoms.